The zero-order valence-electron chi connectivity index (χ0n) is 11.2. The number of rotatable bonds is 4. The van der Waals surface area contributed by atoms with E-state index in [0.29, 0.717) is 6.54 Å². The van der Waals surface area contributed by atoms with E-state index in [2.05, 4.69) is 4.98 Å². The first-order valence-corrected chi connectivity index (χ1v) is 6.38. The van der Waals surface area contributed by atoms with Crippen molar-refractivity contribution in [3.8, 4) is 0 Å². The van der Waals surface area contributed by atoms with Crippen molar-refractivity contribution in [3.05, 3.63) is 24.0 Å². The summed E-state index contributed by atoms with van der Waals surface area (Å²) in [7, 11) is 0. The first-order chi connectivity index (χ1) is 9.56. The number of hydrogen-bond acceptors (Lipinski definition) is 5. The first-order valence-electron chi connectivity index (χ1n) is 6.38. The van der Waals surface area contributed by atoms with Gasteiger partial charge in [-0.05, 0) is 19.1 Å². The van der Waals surface area contributed by atoms with Crippen LogP contribution in [-0.4, -0.2) is 52.7 Å². The highest BCUT2D eigenvalue weighted by molar-refractivity contribution is 5.97. The Bertz CT molecular complexity index is 520. The van der Waals surface area contributed by atoms with Crippen molar-refractivity contribution in [2.24, 2.45) is 5.92 Å². The molecule has 0 bridgehead atoms. The number of aromatic nitrogens is 1. The summed E-state index contributed by atoms with van der Waals surface area (Å²) in [6, 6.07) is 2.74. The van der Waals surface area contributed by atoms with Gasteiger partial charge in [-0.2, -0.15) is 0 Å². The molecule has 1 aromatic heterocycles. The number of pyridine rings is 1. The van der Waals surface area contributed by atoms with Crippen LogP contribution in [0.3, 0.4) is 0 Å². The van der Waals surface area contributed by atoms with Crippen LogP contribution in [0.1, 0.15) is 17.4 Å². The summed E-state index contributed by atoms with van der Waals surface area (Å²) < 4.78 is 5.20. The molecule has 0 saturated carbocycles. The fourth-order valence-electron chi connectivity index (χ4n) is 2.35. The molecule has 1 amide bonds. The van der Waals surface area contributed by atoms with Gasteiger partial charge in [-0.1, -0.05) is 0 Å². The molecule has 1 saturated heterocycles. The van der Waals surface area contributed by atoms with Crippen molar-refractivity contribution in [1.82, 2.24) is 9.88 Å². The number of amides is 1. The SMILES string of the molecule is CCN(C(=O)c1ncccc1N)C1COCC1C(=O)O. The third-order valence-electron chi connectivity index (χ3n) is 3.41. The molecule has 20 heavy (non-hydrogen) atoms. The molecule has 1 aliphatic heterocycles. The standard InChI is InChI=1S/C13H17N3O4/c1-2-16(10-7-20-6-8(10)13(18)19)12(17)11-9(14)4-3-5-15-11/h3-5,8,10H,2,6-7,14H2,1H3,(H,18,19). The maximum Gasteiger partial charge on any atom is 0.311 e. The molecule has 0 radical (unpaired) electrons. The molecular weight excluding hydrogens is 262 g/mol. The number of carboxylic acids is 1. The van der Waals surface area contributed by atoms with Crippen LogP contribution in [-0.2, 0) is 9.53 Å². The van der Waals surface area contributed by atoms with Gasteiger partial charge in [0.05, 0.1) is 24.9 Å². The van der Waals surface area contributed by atoms with Gasteiger partial charge in [0.2, 0.25) is 0 Å². The molecule has 7 heteroatoms. The van der Waals surface area contributed by atoms with Gasteiger partial charge < -0.3 is 20.5 Å². The fourth-order valence-corrected chi connectivity index (χ4v) is 2.35. The number of nitrogen functional groups attached to an aromatic ring is 1. The number of carbonyl (C=O) groups excluding carboxylic acids is 1. The van der Waals surface area contributed by atoms with Crippen molar-refractivity contribution in [3.63, 3.8) is 0 Å². The van der Waals surface area contributed by atoms with Crippen LogP contribution in [0.25, 0.3) is 0 Å². The second-order valence-electron chi connectivity index (χ2n) is 4.58. The molecule has 1 aromatic rings. The van der Waals surface area contributed by atoms with Gasteiger partial charge in [0, 0.05) is 12.7 Å². The maximum absolute atomic E-state index is 12.5. The van der Waals surface area contributed by atoms with Crippen LogP contribution in [0.15, 0.2) is 18.3 Å². The largest absolute Gasteiger partial charge is 0.481 e. The lowest BCUT2D eigenvalue weighted by atomic mass is 10.0. The normalized spacial score (nSPS) is 21.6. The van der Waals surface area contributed by atoms with E-state index in [4.69, 9.17) is 10.5 Å². The number of anilines is 1. The number of carbonyl (C=O) groups is 2. The Balaban J connectivity index is 2.26. The van der Waals surface area contributed by atoms with Crippen molar-refractivity contribution < 1.29 is 19.4 Å². The van der Waals surface area contributed by atoms with E-state index in [0.717, 1.165) is 0 Å². The molecule has 0 aromatic carbocycles. The van der Waals surface area contributed by atoms with Gasteiger partial charge in [-0.15, -0.1) is 0 Å². The Morgan fingerprint density at radius 2 is 2.30 bits per heavy atom. The third-order valence-corrected chi connectivity index (χ3v) is 3.41. The molecule has 1 fully saturated rings. The van der Waals surface area contributed by atoms with E-state index in [9.17, 15) is 14.7 Å². The van der Waals surface area contributed by atoms with Gasteiger partial charge in [-0.25, -0.2) is 4.98 Å². The van der Waals surface area contributed by atoms with E-state index < -0.39 is 17.9 Å². The van der Waals surface area contributed by atoms with Crippen LogP contribution in [0.5, 0.6) is 0 Å². The quantitative estimate of drug-likeness (QED) is 0.817. The highest BCUT2D eigenvalue weighted by Crippen LogP contribution is 2.22. The number of likely N-dealkylation sites (N-methyl/N-ethyl adjacent to an activating group) is 1. The number of nitrogens with two attached hydrogens (primary N) is 1. The Kier molecular flexibility index (Phi) is 4.19. The average molecular weight is 279 g/mol. The number of ether oxygens (including phenoxy) is 1. The highest BCUT2D eigenvalue weighted by atomic mass is 16.5. The second-order valence-corrected chi connectivity index (χ2v) is 4.58. The van der Waals surface area contributed by atoms with Gasteiger partial charge in [-0.3, -0.25) is 9.59 Å². The minimum Gasteiger partial charge on any atom is -0.481 e. The lowest BCUT2D eigenvalue weighted by Gasteiger charge is -2.29. The van der Waals surface area contributed by atoms with E-state index in [1.165, 1.54) is 11.1 Å². The van der Waals surface area contributed by atoms with Crippen LogP contribution in [0, 0.1) is 5.92 Å². The highest BCUT2D eigenvalue weighted by Gasteiger charge is 2.40. The molecule has 1 aliphatic rings. The molecule has 2 unspecified atom stereocenters. The number of carboxylic acid groups (broad SMARTS) is 1. The molecule has 7 nitrogen and oxygen atoms in total. The fraction of sp³-hybridized carbons (Fsp3) is 0.462. The summed E-state index contributed by atoms with van der Waals surface area (Å²) in [6.07, 6.45) is 1.48. The summed E-state index contributed by atoms with van der Waals surface area (Å²) in [5.41, 5.74) is 6.17. The Morgan fingerprint density at radius 1 is 1.55 bits per heavy atom. The zero-order valence-corrected chi connectivity index (χ0v) is 11.2. The van der Waals surface area contributed by atoms with Gasteiger partial charge in [0.15, 0.2) is 5.69 Å². The van der Waals surface area contributed by atoms with Gasteiger partial charge in [0.25, 0.3) is 5.91 Å². The molecule has 2 rings (SSSR count). The molecule has 0 aliphatic carbocycles. The van der Waals surface area contributed by atoms with E-state index in [-0.39, 0.29) is 30.5 Å². The van der Waals surface area contributed by atoms with Crippen molar-refractivity contribution >= 4 is 17.6 Å². The number of aliphatic carboxylic acids is 1. The van der Waals surface area contributed by atoms with E-state index in [1.807, 2.05) is 0 Å². The first kappa shape index (κ1) is 14.3. The van der Waals surface area contributed by atoms with Crippen LogP contribution in [0.2, 0.25) is 0 Å². The number of nitrogens with zero attached hydrogens (tertiary/aromatic N) is 2. The molecule has 108 valence electrons. The zero-order chi connectivity index (χ0) is 14.7. The summed E-state index contributed by atoms with van der Waals surface area (Å²) in [6.45, 7) is 2.48. The topological polar surface area (TPSA) is 106 Å². The van der Waals surface area contributed by atoms with Crippen molar-refractivity contribution in [2.45, 2.75) is 13.0 Å². The lowest BCUT2D eigenvalue weighted by molar-refractivity contribution is -0.142. The monoisotopic (exact) mass is 279 g/mol. The van der Waals surface area contributed by atoms with Gasteiger partial charge >= 0.3 is 5.97 Å². The molecule has 2 heterocycles. The lowest BCUT2D eigenvalue weighted by Crippen LogP contribution is -2.46. The summed E-state index contributed by atoms with van der Waals surface area (Å²) >= 11 is 0. The third kappa shape index (κ3) is 2.57. The minimum absolute atomic E-state index is 0.113. The second kappa shape index (κ2) is 5.87. The predicted octanol–water partition coefficient (Wildman–Crippen LogP) is 0.225. The summed E-state index contributed by atoms with van der Waals surface area (Å²) in [5.74, 6) is -2.05. The molecule has 0 spiro atoms. The summed E-state index contributed by atoms with van der Waals surface area (Å²) in [4.78, 5) is 29.1. The Morgan fingerprint density at radius 3 is 2.90 bits per heavy atom. The predicted molar refractivity (Wildman–Crippen MR) is 71.1 cm³/mol. The van der Waals surface area contributed by atoms with Crippen molar-refractivity contribution in [1.29, 1.82) is 0 Å². The Labute approximate surface area is 116 Å². The molecule has 2 atom stereocenters. The van der Waals surface area contributed by atoms with Gasteiger partial charge in [0.1, 0.15) is 5.92 Å². The summed E-state index contributed by atoms with van der Waals surface area (Å²) in [5, 5.41) is 9.18. The maximum atomic E-state index is 12.5. The Hall–Kier alpha value is -2.15. The van der Waals surface area contributed by atoms with Crippen LogP contribution in [0.4, 0.5) is 5.69 Å². The van der Waals surface area contributed by atoms with Crippen LogP contribution >= 0.6 is 0 Å². The van der Waals surface area contributed by atoms with E-state index >= 15 is 0 Å². The van der Waals surface area contributed by atoms with Crippen LogP contribution < -0.4 is 5.73 Å². The molecular formula is C13H17N3O4. The van der Waals surface area contributed by atoms with Crippen molar-refractivity contribution in [2.75, 3.05) is 25.5 Å². The smallest absolute Gasteiger partial charge is 0.311 e. The average Bonchev–Trinajstić information content (AvgIpc) is 2.89. The number of hydrogen-bond donors (Lipinski definition) is 2. The van der Waals surface area contributed by atoms with E-state index in [1.54, 1.807) is 19.1 Å². The molecule has 3 N–H and O–H groups in total. The minimum atomic E-state index is -0.965.